The zero-order chi connectivity index (χ0) is 12.7. The summed E-state index contributed by atoms with van der Waals surface area (Å²) in [6, 6.07) is 6.66. The van der Waals surface area contributed by atoms with Crippen molar-refractivity contribution in [2.75, 3.05) is 16.8 Å². The molecule has 1 aromatic carbocycles. The summed E-state index contributed by atoms with van der Waals surface area (Å²) in [5, 5.41) is 2.66. The molecule has 0 atom stereocenters. The van der Waals surface area contributed by atoms with Gasteiger partial charge in [0.25, 0.3) is 5.91 Å². The molecule has 1 aromatic rings. The lowest BCUT2D eigenvalue weighted by Gasteiger charge is -2.08. The summed E-state index contributed by atoms with van der Waals surface area (Å²) in [5.74, 6) is 0.314. The third kappa shape index (κ3) is 4.32. The highest BCUT2D eigenvalue weighted by atomic mass is 32.2. The van der Waals surface area contributed by atoms with Crippen LogP contribution in [0.3, 0.4) is 0 Å². The first-order valence-electron chi connectivity index (χ1n) is 5.02. The first kappa shape index (κ1) is 13.3. The molecule has 0 saturated heterocycles. The van der Waals surface area contributed by atoms with Crippen LogP contribution in [0.5, 0.6) is 0 Å². The molecule has 5 heteroatoms. The molecule has 90 valence electrons. The highest BCUT2D eigenvalue weighted by Crippen LogP contribution is 2.14. The summed E-state index contributed by atoms with van der Waals surface area (Å²) in [4.78, 5) is 22.7. The van der Waals surface area contributed by atoms with Crippen LogP contribution in [0.2, 0.25) is 0 Å². The fourth-order valence-electron chi connectivity index (χ4n) is 1.23. The van der Waals surface area contributed by atoms with E-state index < -0.39 is 5.91 Å². The SMILES string of the molecule is C=CCSCC(=O)Nc1ccccc1C(N)=O. The first-order chi connectivity index (χ1) is 8.15. The lowest BCUT2D eigenvalue weighted by molar-refractivity contribution is -0.113. The van der Waals surface area contributed by atoms with Crippen molar-refractivity contribution in [1.82, 2.24) is 0 Å². The summed E-state index contributed by atoms with van der Waals surface area (Å²) in [6.45, 7) is 3.57. The summed E-state index contributed by atoms with van der Waals surface area (Å²) >= 11 is 1.45. The fourth-order valence-corrected chi connectivity index (χ4v) is 1.77. The number of para-hydroxylation sites is 1. The molecule has 0 aliphatic carbocycles. The number of benzene rings is 1. The Bertz CT molecular complexity index is 432. The number of rotatable bonds is 6. The van der Waals surface area contributed by atoms with E-state index in [1.807, 2.05) is 0 Å². The Balaban J connectivity index is 2.64. The van der Waals surface area contributed by atoms with Crippen molar-refractivity contribution >= 4 is 29.3 Å². The number of primary amides is 1. The second-order valence-corrected chi connectivity index (χ2v) is 4.29. The van der Waals surface area contributed by atoms with Gasteiger partial charge in [-0.1, -0.05) is 18.2 Å². The quantitative estimate of drug-likeness (QED) is 0.595. The van der Waals surface area contributed by atoms with Crippen molar-refractivity contribution in [2.24, 2.45) is 5.73 Å². The summed E-state index contributed by atoms with van der Waals surface area (Å²) < 4.78 is 0. The molecule has 3 N–H and O–H groups in total. The van der Waals surface area contributed by atoms with Gasteiger partial charge in [-0.2, -0.15) is 0 Å². The van der Waals surface area contributed by atoms with E-state index in [0.29, 0.717) is 22.8 Å². The molecule has 4 nitrogen and oxygen atoms in total. The van der Waals surface area contributed by atoms with Gasteiger partial charge in [0.2, 0.25) is 5.91 Å². The van der Waals surface area contributed by atoms with Crippen LogP contribution in [0.25, 0.3) is 0 Å². The zero-order valence-electron chi connectivity index (χ0n) is 9.31. The molecule has 0 aliphatic heterocycles. The van der Waals surface area contributed by atoms with Crippen molar-refractivity contribution in [2.45, 2.75) is 0 Å². The maximum Gasteiger partial charge on any atom is 0.250 e. The van der Waals surface area contributed by atoms with E-state index in [4.69, 9.17) is 5.73 Å². The second kappa shape index (κ2) is 6.75. The van der Waals surface area contributed by atoms with Gasteiger partial charge in [0.05, 0.1) is 17.0 Å². The number of anilines is 1. The van der Waals surface area contributed by atoms with E-state index in [2.05, 4.69) is 11.9 Å². The van der Waals surface area contributed by atoms with Crippen LogP contribution < -0.4 is 11.1 Å². The molecule has 0 aliphatic rings. The number of nitrogens with two attached hydrogens (primary N) is 1. The Hall–Kier alpha value is -1.75. The average molecular weight is 250 g/mol. The van der Waals surface area contributed by atoms with Crippen LogP contribution in [-0.4, -0.2) is 23.3 Å². The van der Waals surface area contributed by atoms with Gasteiger partial charge in [0.15, 0.2) is 0 Å². The molecule has 1 rings (SSSR count). The minimum Gasteiger partial charge on any atom is -0.366 e. The van der Waals surface area contributed by atoms with Crippen LogP contribution in [0.1, 0.15) is 10.4 Å². The number of nitrogens with one attached hydrogen (secondary N) is 1. The van der Waals surface area contributed by atoms with Gasteiger partial charge in [0, 0.05) is 5.75 Å². The highest BCUT2D eigenvalue weighted by Gasteiger charge is 2.09. The van der Waals surface area contributed by atoms with Gasteiger partial charge in [-0.15, -0.1) is 18.3 Å². The smallest absolute Gasteiger partial charge is 0.250 e. The summed E-state index contributed by atoms with van der Waals surface area (Å²) in [5.41, 5.74) is 5.97. The van der Waals surface area contributed by atoms with Crippen LogP contribution in [0.15, 0.2) is 36.9 Å². The number of carbonyl (C=O) groups is 2. The minimum absolute atomic E-state index is 0.162. The van der Waals surface area contributed by atoms with Crippen molar-refractivity contribution in [3.05, 3.63) is 42.5 Å². The molecule has 0 saturated carbocycles. The Kier molecular flexibility index (Phi) is 5.29. The monoisotopic (exact) mass is 250 g/mol. The number of thioether (sulfide) groups is 1. The number of carbonyl (C=O) groups excluding carboxylic acids is 2. The van der Waals surface area contributed by atoms with E-state index in [1.54, 1.807) is 30.3 Å². The fraction of sp³-hybridized carbons (Fsp3) is 0.167. The van der Waals surface area contributed by atoms with Gasteiger partial charge in [0.1, 0.15) is 0 Å². The normalized spacial score (nSPS) is 9.65. The Labute approximate surface area is 104 Å². The van der Waals surface area contributed by atoms with Crippen molar-refractivity contribution < 1.29 is 9.59 Å². The molecule has 2 amide bonds. The van der Waals surface area contributed by atoms with Gasteiger partial charge in [-0.3, -0.25) is 9.59 Å². The van der Waals surface area contributed by atoms with Gasteiger partial charge in [-0.25, -0.2) is 0 Å². The molecular formula is C12H14N2O2S. The van der Waals surface area contributed by atoms with Crippen molar-refractivity contribution in [3.8, 4) is 0 Å². The number of hydrogen-bond donors (Lipinski definition) is 2. The van der Waals surface area contributed by atoms with E-state index >= 15 is 0 Å². The third-order valence-electron chi connectivity index (χ3n) is 1.94. The minimum atomic E-state index is -0.556. The van der Waals surface area contributed by atoms with Crippen LogP contribution in [0, 0.1) is 0 Å². The molecule has 0 aromatic heterocycles. The lowest BCUT2D eigenvalue weighted by atomic mass is 10.1. The Morgan fingerprint density at radius 3 is 2.76 bits per heavy atom. The molecule has 0 radical (unpaired) electrons. The van der Waals surface area contributed by atoms with Gasteiger partial charge < -0.3 is 11.1 Å². The molecule has 0 fully saturated rings. The molecule has 0 spiro atoms. The summed E-state index contributed by atoms with van der Waals surface area (Å²) in [6.07, 6.45) is 1.73. The van der Waals surface area contributed by atoms with Gasteiger partial charge in [-0.05, 0) is 12.1 Å². The topological polar surface area (TPSA) is 72.2 Å². The third-order valence-corrected chi connectivity index (χ3v) is 2.87. The Morgan fingerprint density at radius 2 is 2.12 bits per heavy atom. The average Bonchev–Trinajstić information content (AvgIpc) is 2.29. The maximum atomic E-state index is 11.5. The predicted octanol–water partition coefficient (Wildman–Crippen LogP) is 1.64. The predicted molar refractivity (Wildman–Crippen MR) is 71.1 cm³/mol. The molecule has 17 heavy (non-hydrogen) atoms. The highest BCUT2D eigenvalue weighted by molar-refractivity contribution is 8.00. The zero-order valence-corrected chi connectivity index (χ0v) is 10.1. The van der Waals surface area contributed by atoms with E-state index in [1.165, 1.54) is 11.8 Å². The molecular weight excluding hydrogens is 236 g/mol. The first-order valence-corrected chi connectivity index (χ1v) is 6.18. The van der Waals surface area contributed by atoms with Crippen LogP contribution in [-0.2, 0) is 4.79 Å². The second-order valence-electron chi connectivity index (χ2n) is 3.26. The lowest BCUT2D eigenvalue weighted by Crippen LogP contribution is -2.19. The van der Waals surface area contributed by atoms with E-state index in [0.717, 1.165) is 0 Å². The number of amides is 2. The summed E-state index contributed by atoms with van der Waals surface area (Å²) in [7, 11) is 0. The molecule has 0 unspecified atom stereocenters. The van der Waals surface area contributed by atoms with Gasteiger partial charge >= 0.3 is 0 Å². The Morgan fingerprint density at radius 1 is 1.41 bits per heavy atom. The van der Waals surface area contributed by atoms with E-state index in [-0.39, 0.29) is 5.91 Å². The van der Waals surface area contributed by atoms with Crippen molar-refractivity contribution in [3.63, 3.8) is 0 Å². The van der Waals surface area contributed by atoms with Crippen LogP contribution >= 0.6 is 11.8 Å². The maximum absolute atomic E-state index is 11.5. The molecule has 0 bridgehead atoms. The standard InChI is InChI=1S/C12H14N2O2S/c1-2-7-17-8-11(15)14-10-6-4-3-5-9(10)12(13)16/h2-6H,1,7-8H2,(H2,13,16)(H,14,15). The van der Waals surface area contributed by atoms with Crippen molar-refractivity contribution in [1.29, 1.82) is 0 Å². The van der Waals surface area contributed by atoms with E-state index in [9.17, 15) is 9.59 Å². The number of hydrogen-bond acceptors (Lipinski definition) is 3. The van der Waals surface area contributed by atoms with Crippen LogP contribution in [0.4, 0.5) is 5.69 Å². The molecule has 0 heterocycles. The largest absolute Gasteiger partial charge is 0.366 e.